The predicted molar refractivity (Wildman–Crippen MR) is 67.9 cm³/mol. The zero-order chi connectivity index (χ0) is 11.7. The van der Waals surface area contributed by atoms with Crippen LogP contribution < -0.4 is 4.90 Å². The predicted octanol–water partition coefficient (Wildman–Crippen LogP) is 2.02. The van der Waals surface area contributed by atoms with E-state index in [2.05, 4.69) is 17.0 Å². The van der Waals surface area contributed by atoms with Crippen LogP contribution in [0.5, 0.6) is 0 Å². The maximum Gasteiger partial charge on any atom is 0.232 e. The van der Waals surface area contributed by atoms with Gasteiger partial charge in [-0.25, -0.2) is 0 Å². The molecular weight excluding hydrogens is 212 g/mol. The molecule has 1 fully saturated rings. The molecule has 0 aromatic heterocycles. The maximum absolute atomic E-state index is 12.0. The second-order valence-corrected chi connectivity index (χ2v) is 4.95. The number of para-hydroxylation sites is 1. The van der Waals surface area contributed by atoms with Crippen molar-refractivity contribution in [3.63, 3.8) is 0 Å². The summed E-state index contributed by atoms with van der Waals surface area (Å²) in [4.78, 5) is 16.3. The second kappa shape index (κ2) is 4.49. The molecule has 0 saturated carbocycles. The number of amides is 1. The highest BCUT2D eigenvalue weighted by atomic mass is 16.2. The molecule has 0 unspecified atom stereocenters. The lowest BCUT2D eigenvalue weighted by atomic mass is 10.1. The third kappa shape index (κ3) is 2.07. The molecule has 17 heavy (non-hydrogen) atoms. The van der Waals surface area contributed by atoms with E-state index in [0.717, 1.165) is 25.4 Å². The Hall–Kier alpha value is -1.35. The zero-order valence-electron chi connectivity index (χ0n) is 10.1. The van der Waals surface area contributed by atoms with Gasteiger partial charge in [-0.3, -0.25) is 14.6 Å². The molecule has 0 spiro atoms. The van der Waals surface area contributed by atoms with E-state index in [1.807, 2.05) is 17.0 Å². The summed E-state index contributed by atoms with van der Waals surface area (Å²) < 4.78 is 0. The van der Waals surface area contributed by atoms with E-state index in [0.29, 0.717) is 6.42 Å². The maximum atomic E-state index is 12.0. The Morgan fingerprint density at radius 2 is 1.82 bits per heavy atom. The molecule has 90 valence electrons. The van der Waals surface area contributed by atoms with Gasteiger partial charge >= 0.3 is 0 Å². The number of carbonyl (C=O) groups excluding carboxylic acids is 1. The largest absolute Gasteiger partial charge is 0.298 e. The summed E-state index contributed by atoms with van der Waals surface area (Å²) in [7, 11) is 0. The molecule has 1 saturated heterocycles. The zero-order valence-corrected chi connectivity index (χ0v) is 10.1. The molecule has 2 aliphatic rings. The monoisotopic (exact) mass is 230 g/mol. The Kier molecular flexibility index (Phi) is 2.85. The Bertz CT molecular complexity index is 424. The summed E-state index contributed by atoms with van der Waals surface area (Å²) in [5, 5.41) is 0. The topological polar surface area (TPSA) is 23.6 Å². The molecule has 1 amide bonds. The van der Waals surface area contributed by atoms with Crippen molar-refractivity contribution in [3.05, 3.63) is 29.8 Å². The molecule has 1 aromatic carbocycles. The average Bonchev–Trinajstić information content (AvgIpc) is 2.68. The summed E-state index contributed by atoms with van der Waals surface area (Å²) in [6, 6.07) is 8.14. The lowest BCUT2D eigenvalue weighted by molar-refractivity contribution is -0.117. The van der Waals surface area contributed by atoms with Gasteiger partial charge in [0.05, 0.1) is 13.1 Å². The van der Waals surface area contributed by atoms with Crippen LogP contribution in [0.3, 0.4) is 0 Å². The quantitative estimate of drug-likeness (QED) is 0.776. The van der Waals surface area contributed by atoms with Gasteiger partial charge in [0.1, 0.15) is 0 Å². The number of anilines is 1. The standard InChI is InChI=1S/C14H18N2O/c17-14-10-12-6-2-3-7-13(12)16(14)11-15-8-4-1-5-9-15/h2-3,6-7H,1,4-5,8-11H2. The van der Waals surface area contributed by atoms with Gasteiger partial charge in [-0.1, -0.05) is 24.6 Å². The average molecular weight is 230 g/mol. The minimum atomic E-state index is 0.247. The van der Waals surface area contributed by atoms with E-state index in [1.54, 1.807) is 0 Å². The highest BCUT2D eigenvalue weighted by molar-refractivity contribution is 6.01. The van der Waals surface area contributed by atoms with E-state index in [1.165, 1.54) is 24.8 Å². The van der Waals surface area contributed by atoms with Crippen LogP contribution >= 0.6 is 0 Å². The fraction of sp³-hybridized carbons (Fsp3) is 0.500. The van der Waals surface area contributed by atoms with Gasteiger partial charge in [-0.15, -0.1) is 0 Å². The number of benzene rings is 1. The van der Waals surface area contributed by atoms with Gasteiger partial charge in [0, 0.05) is 5.69 Å². The normalized spacial score (nSPS) is 20.7. The molecule has 0 N–H and O–H groups in total. The number of hydrogen-bond donors (Lipinski definition) is 0. The Labute approximate surface area is 102 Å². The lowest BCUT2D eigenvalue weighted by Gasteiger charge is -2.31. The van der Waals surface area contributed by atoms with Crippen molar-refractivity contribution in [1.29, 1.82) is 0 Å². The van der Waals surface area contributed by atoms with Crippen LogP contribution in [0.4, 0.5) is 5.69 Å². The molecule has 0 bridgehead atoms. The van der Waals surface area contributed by atoms with Crippen molar-refractivity contribution in [2.24, 2.45) is 0 Å². The summed E-state index contributed by atoms with van der Waals surface area (Å²) in [6.45, 7) is 3.04. The van der Waals surface area contributed by atoms with Crippen molar-refractivity contribution in [2.45, 2.75) is 25.7 Å². The summed E-state index contributed by atoms with van der Waals surface area (Å²) >= 11 is 0. The molecule has 0 atom stereocenters. The Morgan fingerprint density at radius 1 is 1.06 bits per heavy atom. The van der Waals surface area contributed by atoms with Crippen molar-refractivity contribution in [2.75, 3.05) is 24.7 Å². The van der Waals surface area contributed by atoms with E-state index in [9.17, 15) is 4.79 Å². The fourth-order valence-corrected chi connectivity index (χ4v) is 2.77. The van der Waals surface area contributed by atoms with Crippen LogP contribution in [-0.2, 0) is 11.2 Å². The molecule has 1 aromatic rings. The molecule has 0 radical (unpaired) electrons. The number of nitrogens with zero attached hydrogens (tertiary/aromatic N) is 2. The first-order chi connectivity index (χ1) is 8.34. The van der Waals surface area contributed by atoms with E-state index in [4.69, 9.17) is 0 Å². The third-order valence-electron chi connectivity index (χ3n) is 3.72. The van der Waals surface area contributed by atoms with E-state index in [-0.39, 0.29) is 5.91 Å². The SMILES string of the molecule is O=C1Cc2ccccc2N1CN1CCCCC1. The lowest BCUT2D eigenvalue weighted by Crippen LogP contribution is -2.42. The molecule has 3 heteroatoms. The van der Waals surface area contributed by atoms with Crippen molar-refractivity contribution in [3.8, 4) is 0 Å². The van der Waals surface area contributed by atoms with E-state index >= 15 is 0 Å². The molecular formula is C14H18N2O. The molecule has 3 rings (SSSR count). The number of fused-ring (bicyclic) bond motifs is 1. The fourth-order valence-electron chi connectivity index (χ4n) is 2.77. The first-order valence-electron chi connectivity index (χ1n) is 6.45. The minimum Gasteiger partial charge on any atom is -0.298 e. The smallest absolute Gasteiger partial charge is 0.232 e. The van der Waals surface area contributed by atoms with Gasteiger partial charge < -0.3 is 0 Å². The van der Waals surface area contributed by atoms with Crippen LogP contribution in [0.1, 0.15) is 24.8 Å². The minimum absolute atomic E-state index is 0.247. The van der Waals surface area contributed by atoms with Gasteiger partial charge in [0.2, 0.25) is 5.91 Å². The summed E-state index contributed by atoms with van der Waals surface area (Å²) in [5.74, 6) is 0.247. The van der Waals surface area contributed by atoms with Crippen LogP contribution in [0.15, 0.2) is 24.3 Å². The number of hydrogen-bond acceptors (Lipinski definition) is 2. The molecule has 2 heterocycles. The second-order valence-electron chi connectivity index (χ2n) is 4.95. The van der Waals surface area contributed by atoms with Gasteiger partial charge in [-0.2, -0.15) is 0 Å². The highest BCUT2D eigenvalue weighted by Gasteiger charge is 2.28. The number of likely N-dealkylation sites (tertiary alicyclic amines) is 1. The summed E-state index contributed by atoms with van der Waals surface area (Å²) in [6.07, 6.45) is 4.44. The Balaban J connectivity index is 1.76. The molecule has 0 aliphatic carbocycles. The van der Waals surface area contributed by atoms with Crippen molar-refractivity contribution < 1.29 is 4.79 Å². The molecule has 2 aliphatic heterocycles. The highest BCUT2D eigenvalue weighted by Crippen LogP contribution is 2.28. The number of carbonyl (C=O) groups is 1. The molecule has 3 nitrogen and oxygen atoms in total. The van der Waals surface area contributed by atoms with Gasteiger partial charge in [0.25, 0.3) is 0 Å². The van der Waals surface area contributed by atoms with Crippen LogP contribution in [-0.4, -0.2) is 30.6 Å². The van der Waals surface area contributed by atoms with Crippen molar-refractivity contribution in [1.82, 2.24) is 4.90 Å². The van der Waals surface area contributed by atoms with Crippen molar-refractivity contribution >= 4 is 11.6 Å². The number of piperidine rings is 1. The summed E-state index contributed by atoms with van der Waals surface area (Å²) in [5.41, 5.74) is 2.29. The Morgan fingerprint density at radius 3 is 2.65 bits per heavy atom. The third-order valence-corrected chi connectivity index (χ3v) is 3.72. The van der Waals surface area contributed by atoms with Crippen LogP contribution in [0.2, 0.25) is 0 Å². The number of rotatable bonds is 2. The van der Waals surface area contributed by atoms with Crippen LogP contribution in [0, 0.1) is 0 Å². The van der Waals surface area contributed by atoms with Crippen LogP contribution in [0.25, 0.3) is 0 Å². The van der Waals surface area contributed by atoms with Gasteiger partial charge in [0.15, 0.2) is 0 Å². The van der Waals surface area contributed by atoms with E-state index < -0.39 is 0 Å². The van der Waals surface area contributed by atoms with Gasteiger partial charge in [-0.05, 0) is 37.6 Å². The first-order valence-corrected chi connectivity index (χ1v) is 6.45. The first kappa shape index (κ1) is 10.8.